The van der Waals surface area contributed by atoms with Crippen molar-refractivity contribution < 1.29 is 27.2 Å². The fourth-order valence-electron chi connectivity index (χ4n) is 3.10. The summed E-state index contributed by atoms with van der Waals surface area (Å²) in [5.74, 6) is -0.0361. The van der Waals surface area contributed by atoms with Crippen molar-refractivity contribution in [3.8, 4) is 5.75 Å². The van der Waals surface area contributed by atoms with Crippen molar-refractivity contribution in [1.82, 2.24) is 9.56 Å². The lowest BCUT2D eigenvalue weighted by Crippen LogP contribution is -2.18. The summed E-state index contributed by atoms with van der Waals surface area (Å²) in [5.41, 5.74) is -0.946. The molecule has 0 saturated heterocycles. The monoisotopic (exact) mass is 443 g/mol. The predicted molar refractivity (Wildman–Crippen MR) is 109 cm³/mol. The number of rotatable bonds is 5. The Labute approximate surface area is 179 Å². The number of hydrogen-bond donors (Lipinski definition) is 1. The Hall–Kier alpha value is -4.08. The molecule has 0 aliphatic carbocycles. The first kappa shape index (κ1) is 21.2. The fraction of sp³-hybridized carbons (Fsp3) is 0.136. The minimum absolute atomic E-state index is 0.0374. The highest BCUT2D eigenvalue weighted by molar-refractivity contribution is 6.05. The van der Waals surface area contributed by atoms with Crippen LogP contribution in [0.2, 0.25) is 0 Å². The van der Waals surface area contributed by atoms with E-state index in [1.165, 1.54) is 30.3 Å². The van der Waals surface area contributed by atoms with Crippen LogP contribution in [0.15, 0.2) is 70.0 Å². The predicted octanol–water partition coefficient (Wildman–Crippen LogP) is 4.45. The molecule has 0 fully saturated rings. The molecule has 164 valence electrons. The molecule has 4 rings (SSSR count). The van der Waals surface area contributed by atoms with E-state index < -0.39 is 28.8 Å². The molecule has 1 amide bonds. The molecule has 0 radical (unpaired) electrons. The summed E-state index contributed by atoms with van der Waals surface area (Å²) in [4.78, 5) is 28.8. The van der Waals surface area contributed by atoms with E-state index in [0.717, 1.165) is 16.7 Å². The van der Waals surface area contributed by atoms with Gasteiger partial charge in [0.25, 0.3) is 11.5 Å². The zero-order chi connectivity index (χ0) is 22.9. The van der Waals surface area contributed by atoms with E-state index in [2.05, 4.69) is 10.3 Å². The van der Waals surface area contributed by atoms with Crippen LogP contribution in [0, 0.1) is 6.92 Å². The molecule has 0 unspecified atom stereocenters. The molecule has 10 heteroatoms. The Kier molecular flexibility index (Phi) is 5.43. The van der Waals surface area contributed by atoms with Gasteiger partial charge in [-0.05, 0) is 31.2 Å². The van der Waals surface area contributed by atoms with E-state index in [-0.39, 0.29) is 12.3 Å². The van der Waals surface area contributed by atoms with Gasteiger partial charge < -0.3 is 14.6 Å². The van der Waals surface area contributed by atoms with Crippen LogP contribution < -0.4 is 15.6 Å². The van der Waals surface area contributed by atoms with Gasteiger partial charge in [-0.15, -0.1) is 4.57 Å². The third-order valence-corrected chi connectivity index (χ3v) is 4.48. The van der Waals surface area contributed by atoms with Gasteiger partial charge in [-0.25, -0.2) is 4.98 Å². The highest BCUT2D eigenvalue weighted by Gasteiger charge is 2.34. The quantitative estimate of drug-likeness (QED) is 0.493. The molecule has 2 aromatic heterocycles. The topological polar surface area (TPSA) is 85.8 Å². The first-order valence-corrected chi connectivity index (χ1v) is 9.41. The SMILES string of the molecule is Cc1cc2nc(COc3cccc(NC(=O)c4ccccc4C(F)(F)F)c3)cc(=O)n2o1. The molecule has 0 aliphatic rings. The second-order valence-electron chi connectivity index (χ2n) is 6.90. The standard InChI is InChI=1S/C22H16F3N3O4/c1-13-9-19-26-15(11-20(29)28(19)32-13)12-31-16-6-4-5-14(10-16)27-21(30)17-7-2-3-8-18(17)22(23,24)25/h2-11H,12H2,1H3,(H,27,30). The highest BCUT2D eigenvalue weighted by atomic mass is 19.4. The number of carbonyl (C=O) groups is 1. The van der Waals surface area contributed by atoms with Crippen molar-refractivity contribution in [3.63, 3.8) is 0 Å². The van der Waals surface area contributed by atoms with Gasteiger partial charge >= 0.3 is 6.18 Å². The Balaban J connectivity index is 1.49. The molecule has 32 heavy (non-hydrogen) atoms. The fourth-order valence-corrected chi connectivity index (χ4v) is 3.10. The number of aryl methyl sites for hydroxylation is 1. The summed E-state index contributed by atoms with van der Waals surface area (Å²) in [6.07, 6.45) is -4.65. The van der Waals surface area contributed by atoms with Crippen molar-refractivity contribution in [3.05, 3.63) is 93.6 Å². The van der Waals surface area contributed by atoms with Crippen molar-refractivity contribution in [2.75, 3.05) is 5.32 Å². The van der Waals surface area contributed by atoms with Crippen molar-refractivity contribution in [2.24, 2.45) is 0 Å². The van der Waals surface area contributed by atoms with E-state index in [1.807, 2.05) is 0 Å². The van der Waals surface area contributed by atoms with Crippen LogP contribution in [-0.2, 0) is 12.8 Å². The molecule has 0 bridgehead atoms. The highest BCUT2D eigenvalue weighted by Crippen LogP contribution is 2.32. The number of nitrogens with one attached hydrogen (secondary N) is 1. The second kappa shape index (κ2) is 8.22. The van der Waals surface area contributed by atoms with Gasteiger partial charge in [0.2, 0.25) is 0 Å². The number of alkyl halides is 3. The molecule has 4 aromatic rings. The summed E-state index contributed by atoms with van der Waals surface area (Å²) in [6.45, 7) is 1.65. The van der Waals surface area contributed by atoms with E-state index in [0.29, 0.717) is 22.9 Å². The smallest absolute Gasteiger partial charge is 0.417 e. The molecule has 1 N–H and O–H groups in total. The van der Waals surface area contributed by atoms with Crippen LogP contribution in [0.1, 0.15) is 27.4 Å². The van der Waals surface area contributed by atoms with Crippen LogP contribution in [0.25, 0.3) is 5.65 Å². The number of hydrogen-bond acceptors (Lipinski definition) is 5. The summed E-state index contributed by atoms with van der Waals surface area (Å²) < 4.78 is 51.4. The van der Waals surface area contributed by atoms with Crippen LogP contribution in [0.4, 0.5) is 18.9 Å². The summed E-state index contributed by atoms with van der Waals surface area (Å²) >= 11 is 0. The van der Waals surface area contributed by atoms with Gasteiger partial charge in [-0.2, -0.15) is 13.2 Å². The summed E-state index contributed by atoms with van der Waals surface area (Å²) in [5, 5.41) is 2.45. The lowest BCUT2D eigenvalue weighted by Gasteiger charge is -2.13. The first-order valence-electron chi connectivity index (χ1n) is 9.41. The number of carbonyl (C=O) groups excluding carboxylic acids is 1. The zero-order valence-electron chi connectivity index (χ0n) is 16.6. The molecular weight excluding hydrogens is 427 g/mol. The molecule has 0 aliphatic heterocycles. The molecule has 7 nitrogen and oxygen atoms in total. The molecule has 2 aromatic carbocycles. The van der Waals surface area contributed by atoms with E-state index in [1.54, 1.807) is 25.1 Å². The maximum Gasteiger partial charge on any atom is 0.417 e. The zero-order valence-corrected chi connectivity index (χ0v) is 16.6. The number of amides is 1. The van der Waals surface area contributed by atoms with Crippen molar-refractivity contribution in [2.45, 2.75) is 19.7 Å². The van der Waals surface area contributed by atoms with Gasteiger partial charge in [0.05, 0.1) is 16.8 Å². The number of fused-ring (bicyclic) bond motifs is 1. The average Bonchev–Trinajstić information content (AvgIpc) is 3.13. The van der Waals surface area contributed by atoms with Gasteiger partial charge in [0.1, 0.15) is 18.1 Å². The number of anilines is 1. The molecule has 2 heterocycles. The number of benzene rings is 2. The Morgan fingerprint density at radius 1 is 1.12 bits per heavy atom. The number of ether oxygens (including phenoxy) is 1. The van der Waals surface area contributed by atoms with Gasteiger partial charge in [0, 0.05) is 23.9 Å². The molecular formula is C22H16F3N3O4. The minimum atomic E-state index is -4.65. The van der Waals surface area contributed by atoms with Crippen LogP contribution in [0.3, 0.4) is 0 Å². The minimum Gasteiger partial charge on any atom is -0.487 e. The van der Waals surface area contributed by atoms with Crippen molar-refractivity contribution in [1.29, 1.82) is 0 Å². The van der Waals surface area contributed by atoms with Gasteiger partial charge in [-0.1, -0.05) is 18.2 Å². The van der Waals surface area contributed by atoms with Crippen LogP contribution in [0.5, 0.6) is 5.75 Å². The lowest BCUT2D eigenvalue weighted by atomic mass is 10.1. The molecule has 0 atom stereocenters. The first-order chi connectivity index (χ1) is 15.2. The summed E-state index contributed by atoms with van der Waals surface area (Å²) in [6, 6.07) is 13.6. The maximum atomic E-state index is 13.2. The van der Waals surface area contributed by atoms with E-state index in [9.17, 15) is 22.8 Å². The third-order valence-electron chi connectivity index (χ3n) is 4.48. The Morgan fingerprint density at radius 2 is 1.91 bits per heavy atom. The largest absolute Gasteiger partial charge is 0.487 e. The maximum absolute atomic E-state index is 13.2. The van der Waals surface area contributed by atoms with Crippen LogP contribution in [-0.4, -0.2) is 15.5 Å². The average molecular weight is 443 g/mol. The van der Waals surface area contributed by atoms with E-state index in [4.69, 9.17) is 9.26 Å². The van der Waals surface area contributed by atoms with Gasteiger partial charge in [0.15, 0.2) is 5.65 Å². The van der Waals surface area contributed by atoms with Crippen molar-refractivity contribution >= 4 is 17.2 Å². The lowest BCUT2D eigenvalue weighted by molar-refractivity contribution is -0.137. The number of nitrogens with zero attached hydrogens (tertiary/aromatic N) is 2. The molecule has 0 spiro atoms. The van der Waals surface area contributed by atoms with Gasteiger partial charge in [-0.3, -0.25) is 9.59 Å². The second-order valence-corrected chi connectivity index (χ2v) is 6.90. The summed E-state index contributed by atoms with van der Waals surface area (Å²) in [7, 11) is 0. The third kappa shape index (κ3) is 4.48. The number of halogens is 3. The van der Waals surface area contributed by atoms with Crippen LogP contribution >= 0.6 is 0 Å². The normalized spacial score (nSPS) is 11.5. The molecule has 0 saturated carbocycles. The Bertz CT molecular complexity index is 1360. The van der Waals surface area contributed by atoms with E-state index >= 15 is 0 Å². The number of aromatic nitrogens is 2. The Morgan fingerprint density at radius 3 is 2.69 bits per heavy atom.